The van der Waals surface area contributed by atoms with E-state index < -0.39 is 0 Å². The molecule has 0 fully saturated rings. The molecule has 0 amide bonds. The summed E-state index contributed by atoms with van der Waals surface area (Å²) < 4.78 is 24.0. The van der Waals surface area contributed by atoms with Gasteiger partial charge in [-0.2, -0.15) is 0 Å². The lowest BCUT2D eigenvalue weighted by Crippen LogP contribution is -2.38. The Hall–Kier alpha value is -2.57. The van der Waals surface area contributed by atoms with Gasteiger partial charge in [0.2, 0.25) is 0 Å². The van der Waals surface area contributed by atoms with Crippen LogP contribution >= 0.6 is 0 Å². The normalized spacial score (nSPS) is 11.5. The Morgan fingerprint density at radius 1 is 1.42 bits per heavy atom. The fraction of sp³-hybridized carbons (Fsp3) is 0.412. The lowest BCUT2D eigenvalue weighted by molar-refractivity contribution is 0.371. The van der Waals surface area contributed by atoms with Crippen LogP contribution in [0.2, 0.25) is 0 Å². The van der Waals surface area contributed by atoms with Crippen LogP contribution in [0, 0.1) is 5.82 Å². The third kappa shape index (κ3) is 4.47. The number of methoxy groups -OCH3 is 1. The third-order valence-electron chi connectivity index (χ3n) is 3.60. The van der Waals surface area contributed by atoms with Crippen LogP contribution in [0.15, 0.2) is 33.8 Å². The minimum atomic E-state index is -0.375. The Morgan fingerprint density at radius 2 is 2.21 bits per heavy atom. The smallest absolute Gasteiger partial charge is 0.194 e. The van der Waals surface area contributed by atoms with Crippen molar-refractivity contribution in [3.63, 3.8) is 0 Å². The Balaban J connectivity index is 1.95. The van der Waals surface area contributed by atoms with Crippen LogP contribution < -0.4 is 10.1 Å². The van der Waals surface area contributed by atoms with Gasteiger partial charge in [-0.1, -0.05) is 18.1 Å². The number of aryl methyl sites for hydroxylation is 1. The maximum Gasteiger partial charge on any atom is 0.194 e. The monoisotopic (exact) mass is 334 g/mol. The van der Waals surface area contributed by atoms with Crippen LogP contribution in [0.5, 0.6) is 5.75 Å². The average molecular weight is 334 g/mol. The van der Waals surface area contributed by atoms with Crippen molar-refractivity contribution in [2.45, 2.75) is 26.4 Å². The van der Waals surface area contributed by atoms with Crippen molar-refractivity contribution in [2.75, 3.05) is 21.2 Å². The van der Waals surface area contributed by atoms with Gasteiger partial charge in [-0.05, 0) is 24.1 Å². The molecule has 6 nitrogen and oxygen atoms in total. The summed E-state index contributed by atoms with van der Waals surface area (Å²) >= 11 is 0. The van der Waals surface area contributed by atoms with Crippen LogP contribution in [0.3, 0.4) is 0 Å². The number of aliphatic imine (C=N–C) groups is 1. The number of halogens is 1. The first-order chi connectivity index (χ1) is 11.6. The number of nitrogens with one attached hydrogen (secondary N) is 1. The number of nitrogens with zero attached hydrogens (tertiary/aromatic N) is 3. The Morgan fingerprint density at radius 3 is 2.79 bits per heavy atom. The number of aromatic nitrogens is 1. The second-order valence-electron chi connectivity index (χ2n) is 5.36. The highest BCUT2D eigenvalue weighted by Gasteiger charge is 2.10. The zero-order valence-corrected chi connectivity index (χ0v) is 14.5. The van der Waals surface area contributed by atoms with Gasteiger partial charge in [0.05, 0.1) is 19.3 Å². The molecular weight excluding hydrogens is 311 g/mol. The van der Waals surface area contributed by atoms with Gasteiger partial charge >= 0.3 is 0 Å². The van der Waals surface area contributed by atoms with E-state index in [-0.39, 0.29) is 11.6 Å². The van der Waals surface area contributed by atoms with Gasteiger partial charge in [0.25, 0.3) is 0 Å². The largest absolute Gasteiger partial charge is 0.494 e. The molecule has 0 saturated carbocycles. The van der Waals surface area contributed by atoms with Gasteiger partial charge in [0.1, 0.15) is 0 Å². The van der Waals surface area contributed by atoms with Gasteiger partial charge in [-0.15, -0.1) is 0 Å². The predicted molar refractivity (Wildman–Crippen MR) is 90.5 cm³/mol. The van der Waals surface area contributed by atoms with Crippen LogP contribution in [0.1, 0.15) is 23.9 Å². The van der Waals surface area contributed by atoms with Crippen molar-refractivity contribution in [1.82, 2.24) is 15.4 Å². The molecule has 0 atom stereocenters. The molecule has 2 rings (SSSR count). The van der Waals surface area contributed by atoms with Crippen LogP contribution in [0.25, 0.3) is 0 Å². The summed E-state index contributed by atoms with van der Waals surface area (Å²) in [5.74, 6) is 1.29. The molecule has 2 aromatic rings. The number of ether oxygens (including phenoxy) is 1. The molecule has 0 bridgehead atoms. The topological polar surface area (TPSA) is 62.9 Å². The van der Waals surface area contributed by atoms with Crippen LogP contribution in [0.4, 0.5) is 4.39 Å². The second-order valence-corrected chi connectivity index (χ2v) is 5.36. The van der Waals surface area contributed by atoms with Crippen molar-refractivity contribution >= 4 is 5.96 Å². The molecule has 1 heterocycles. The zero-order chi connectivity index (χ0) is 17.5. The first-order valence-electron chi connectivity index (χ1n) is 7.76. The number of rotatable bonds is 6. The summed E-state index contributed by atoms with van der Waals surface area (Å²) in [5, 5.41) is 7.16. The molecule has 0 spiro atoms. The standard InChI is InChI=1S/C17H23FN4O2/c1-5-13-9-14(24-21-13)10-20-17(19-2)22(3)11-12-6-7-16(23-4)15(18)8-12/h6-9H,5,10-11H2,1-4H3,(H,19,20). The summed E-state index contributed by atoms with van der Waals surface area (Å²) in [6.45, 7) is 3.02. The minimum Gasteiger partial charge on any atom is -0.494 e. The SMILES string of the molecule is CCc1cc(CNC(=NC)N(C)Cc2ccc(OC)c(F)c2)on1. The van der Waals surface area contributed by atoms with Crippen molar-refractivity contribution in [2.24, 2.45) is 4.99 Å². The van der Waals surface area contributed by atoms with E-state index >= 15 is 0 Å². The molecule has 0 saturated heterocycles. The third-order valence-corrected chi connectivity index (χ3v) is 3.60. The number of hydrogen-bond donors (Lipinski definition) is 1. The molecule has 0 aliphatic carbocycles. The van der Waals surface area contributed by atoms with Gasteiger partial charge in [-0.3, -0.25) is 4.99 Å². The lowest BCUT2D eigenvalue weighted by Gasteiger charge is -2.22. The summed E-state index contributed by atoms with van der Waals surface area (Å²) in [6, 6.07) is 6.83. The molecule has 0 aliphatic heterocycles. The van der Waals surface area contributed by atoms with E-state index in [1.54, 1.807) is 13.1 Å². The van der Waals surface area contributed by atoms with E-state index in [0.29, 0.717) is 19.0 Å². The minimum absolute atomic E-state index is 0.237. The molecule has 1 aromatic carbocycles. The highest BCUT2D eigenvalue weighted by Crippen LogP contribution is 2.18. The number of hydrogen-bond acceptors (Lipinski definition) is 4. The van der Waals surface area contributed by atoms with E-state index in [1.807, 2.05) is 31.0 Å². The van der Waals surface area contributed by atoms with Crippen LogP contribution in [-0.4, -0.2) is 37.2 Å². The quantitative estimate of drug-likeness (QED) is 0.650. The zero-order valence-electron chi connectivity index (χ0n) is 14.5. The van der Waals surface area contributed by atoms with Crippen molar-refractivity contribution in [3.8, 4) is 5.75 Å². The number of benzene rings is 1. The summed E-state index contributed by atoms with van der Waals surface area (Å²) in [7, 11) is 5.03. The fourth-order valence-electron chi connectivity index (χ4n) is 2.31. The maximum absolute atomic E-state index is 13.8. The van der Waals surface area contributed by atoms with Gasteiger partial charge in [-0.25, -0.2) is 4.39 Å². The van der Waals surface area contributed by atoms with Crippen molar-refractivity contribution < 1.29 is 13.7 Å². The second kappa shape index (κ2) is 8.33. The summed E-state index contributed by atoms with van der Waals surface area (Å²) in [6.07, 6.45) is 0.834. The Kier molecular flexibility index (Phi) is 6.17. The molecule has 1 N–H and O–H groups in total. The molecule has 0 aliphatic rings. The van der Waals surface area contributed by atoms with Gasteiger partial charge in [0.15, 0.2) is 23.3 Å². The molecular formula is C17H23FN4O2. The molecule has 130 valence electrons. The van der Waals surface area contributed by atoms with E-state index in [4.69, 9.17) is 9.26 Å². The van der Waals surface area contributed by atoms with Crippen LogP contribution in [-0.2, 0) is 19.5 Å². The first kappa shape index (κ1) is 17.8. The van der Waals surface area contributed by atoms with E-state index in [0.717, 1.165) is 23.4 Å². The molecule has 1 aromatic heterocycles. The lowest BCUT2D eigenvalue weighted by atomic mass is 10.2. The van der Waals surface area contributed by atoms with Crippen molar-refractivity contribution in [3.05, 3.63) is 47.1 Å². The van der Waals surface area contributed by atoms with E-state index in [9.17, 15) is 4.39 Å². The van der Waals surface area contributed by atoms with Crippen molar-refractivity contribution in [1.29, 1.82) is 0 Å². The number of guanidine groups is 1. The van der Waals surface area contributed by atoms with Gasteiger partial charge in [0, 0.05) is 26.7 Å². The molecule has 24 heavy (non-hydrogen) atoms. The summed E-state index contributed by atoms with van der Waals surface area (Å²) in [5.41, 5.74) is 1.75. The highest BCUT2D eigenvalue weighted by molar-refractivity contribution is 5.79. The predicted octanol–water partition coefficient (Wildman–Crippen LogP) is 2.59. The average Bonchev–Trinajstić information content (AvgIpc) is 3.03. The summed E-state index contributed by atoms with van der Waals surface area (Å²) in [4.78, 5) is 6.13. The maximum atomic E-state index is 13.8. The highest BCUT2D eigenvalue weighted by atomic mass is 19.1. The van der Waals surface area contributed by atoms with E-state index in [1.165, 1.54) is 13.2 Å². The molecule has 7 heteroatoms. The fourth-order valence-corrected chi connectivity index (χ4v) is 2.31. The first-order valence-corrected chi connectivity index (χ1v) is 7.76. The van der Waals surface area contributed by atoms with E-state index in [2.05, 4.69) is 15.5 Å². The Labute approximate surface area is 141 Å². The molecule has 0 unspecified atom stereocenters. The van der Waals surface area contributed by atoms with Gasteiger partial charge < -0.3 is 19.5 Å². The Bertz CT molecular complexity index is 700. The molecule has 0 radical (unpaired) electrons.